The quantitative estimate of drug-likeness (QED) is 0.724. The highest BCUT2D eigenvalue weighted by Gasteiger charge is 2.33. The van der Waals surface area contributed by atoms with Crippen LogP contribution in [0.15, 0.2) is 59.5 Å². The van der Waals surface area contributed by atoms with Gasteiger partial charge in [0.15, 0.2) is 0 Å². The van der Waals surface area contributed by atoms with Crippen LogP contribution in [0.3, 0.4) is 0 Å². The van der Waals surface area contributed by atoms with Gasteiger partial charge in [-0.3, -0.25) is 4.79 Å². The van der Waals surface area contributed by atoms with E-state index in [1.54, 1.807) is 30.3 Å². The van der Waals surface area contributed by atoms with E-state index in [4.69, 9.17) is 0 Å². The second-order valence-corrected chi connectivity index (χ2v) is 10.4. The molecule has 0 radical (unpaired) electrons. The lowest BCUT2D eigenvalue weighted by Gasteiger charge is -2.35. The van der Waals surface area contributed by atoms with Crippen molar-refractivity contribution in [3.63, 3.8) is 0 Å². The predicted octanol–water partition coefficient (Wildman–Crippen LogP) is 2.87. The van der Waals surface area contributed by atoms with E-state index in [0.717, 1.165) is 44.1 Å². The predicted molar refractivity (Wildman–Crippen MR) is 127 cm³/mol. The van der Waals surface area contributed by atoms with Gasteiger partial charge in [0.05, 0.1) is 10.8 Å². The number of nitrogens with one attached hydrogen (secondary N) is 1. The Bertz CT molecular complexity index is 1000. The van der Waals surface area contributed by atoms with Crippen LogP contribution in [0.25, 0.3) is 0 Å². The number of piperazine rings is 1. The summed E-state index contributed by atoms with van der Waals surface area (Å²) in [5, 5.41) is 2.98. The SMILES string of the molecule is CCN1CCN(c2ccc(NC(=O)C3CCCN(S(=O)(=O)c4ccccc4)C3)cc2)CC1. The number of nitrogens with zero attached hydrogens (tertiary/aromatic N) is 3. The van der Waals surface area contributed by atoms with Crippen molar-refractivity contribution in [3.8, 4) is 0 Å². The lowest BCUT2D eigenvalue weighted by atomic mass is 9.98. The molecule has 1 amide bonds. The number of hydrogen-bond acceptors (Lipinski definition) is 5. The Morgan fingerprint density at radius 2 is 1.66 bits per heavy atom. The second-order valence-electron chi connectivity index (χ2n) is 8.47. The van der Waals surface area contributed by atoms with E-state index in [0.29, 0.717) is 19.4 Å². The van der Waals surface area contributed by atoms with Crippen LogP contribution in [0.2, 0.25) is 0 Å². The van der Waals surface area contributed by atoms with E-state index in [1.165, 1.54) is 4.31 Å². The molecule has 2 heterocycles. The molecule has 2 aromatic carbocycles. The van der Waals surface area contributed by atoms with Crippen molar-refractivity contribution in [1.82, 2.24) is 9.21 Å². The summed E-state index contributed by atoms with van der Waals surface area (Å²) < 4.78 is 27.3. The van der Waals surface area contributed by atoms with E-state index >= 15 is 0 Å². The van der Waals surface area contributed by atoms with Crippen LogP contribution in [-0.2, 0) is 14.8 Å². The first-order valence-electron chi connectivity index (χ1n) is 11.4. The molecule has 0 aliphatic carbocycles. The van der Waals surface area contributed by atoms with Gasteiger partial charge in [-0.05, 0) is 55.8 Å². The molecule has 0 saturated carbocycles. The number of carbonyl (C=O) groups is 1. The maximum Gasteiger partial charge on any atom is 0.243 e. The minimum atomic E-state index is -3.58. The molecular formula is C24H32N4O3S. The lowest BCUT2D eigenvalue weighted by Crippen LogP contribution is -2.46. The summed E-state index contributed by atoms with van der Waals surface area (Å²) in [5.41, 5.74) is 1.91. The van der Waals surface area contributed by atoms with E-state index in [-0.39, 0.29) is 23.3 Å². The highest BCUT2D eigenvalue weighted by atomic mass is 32.2. The average Bonchev–Trinajstić information content (AvgIpc) is 2.85. The molecule has 0 aromatic heterocycles. The summed E-state index contributed by atoms with van der Waals surface area (Å²) in [4.78, 5) is 18.0. The van der Waals surface area contributed by atoms with Crippen molar-refractivity contribution in [2.45, 2.75) is 24.7 Å². The zero-order valence-corrected chi connectivity index (χ0v) is 19.4. The number of sulfonamides is 1. The van der Waals surface area contributed by atoms with E-state index < -0.39 is 10.0 Å². The highest BCUT2D eigenvalue weighted by molar-refractivity contribution is 7.89. The molecule has 2 aliphatic rings. The fourth-order valence-electron chi connectivity index (χ4n) is 4.44. The molecule has 4 rings (SSSR count). The number of hydrogen-bond donors (Lipinski definition) is 1. The number of benzene rings is 2. The summed E-state index contributed by atoms with van der Waals surface area (Å²) in [6.45, 7) is 8.09. The van der Waals surface area contributed by atoms with E-state index in [2.05, 4.69) is 22.0 Å². The maximum atomic E-state index is 12.9. The maximum absolute atomic E-state index is 12.9. The number of anilines is 2. The third kappa shape index (κ3) is 5.14. The smallest absolute Gasteiger partial charge is 0.243 e. The van der Waals surface area contributed by atoms with Gasteiger partial charge in [0.2, 0.25) is 15.9 Å². The third-order valence-corrected chi connectivity index (χ3v) is 8.33. The van der Waals surface area contributed by atoms with Crippen molar-refractivity contribution >= 4 is 27.3 Å². The number of piperidine rings is 1. The molecule has 2 saturated heterocycles. The van der Waals surface area contributed by atoms with Crippen LogP contribution in [-0.4, -0.2) is 69.3 Å². The van der Waals surface area contributed by atoms with Crippen LogP contribution < -0.4 is 10.2 Å². The number of carbonyl (C=O) groups excluding carboxylic acids is 1. The molecule has 0 bridgehead atoms. The molecule has 172 valence electrons. The van der Waals surface area contributed by atoms with Crippen LogP contribution in [0.4, 0.5) is 11.4 Å². The summed E-state index contributed by atoms with van der Waals surface area (Å²) in [7, 11) is -3.58. The summed E-state index contributed by atoms with van der Waals surface area (Å²) in [5.74, 6) is -0.480. The van der Waals surface area contributed by atoms with Gasteiger partial charge in [0.25, 0.3) is 0 Å². The minimum Gasteiger partial charge on any atom is -0.369 e. The van der Waals surface area contributed by atoms with Gasteiger partial charge in [0.1, 0.15) is 0 Å². The van der Waals surface area contributed by atoms with Crippen LogP contribution >= 0.6 is 0 Å². The van der Waals surface area contributed by atoms with Gasteiger partial charge in [-0.2, -0.15) is 4.31 Å². The van der Waals surface area contributed by atoms with Gasteiger partial charge >= 0.3 is 0 Å². The topological polar surface area (TPSA) is 73.0 Å². The normalized spacial score (nSPS) is 20.8. The molecule has 1 unspecified atom stereocenters. The number of likely N-dealkylation sites (N-methyl/N-ethyl adjacent to an activating group) is 1. The first-order chi connectivity index (χ1) is 15.5. The molecular weight excluding hydrogens is 424 g/mol. The van der Waals surface area contributed by atoms with E-state index in [1.807, 2.05) is 24.3 Å². The summed E-state index contributed by atoms with van der Waals surface area (Å²) in [6.07, 6.45) is 1.36. The molecule has 2 aliphatic heterocycles. The van der Waals surface area contributed by atoms with Gasteiger partial charge in [-0.25, -0.2) is 8.42 Å². The highest BCUT2D eigenvalue weighted by Crippen LogP contribution is 2.25. The summed E-state index contributed by atoms with van der Waals surface area (Å²) in [6, 6.07) is 16.4. The Labute approximate surface area is 191 Å². The summed E-state index contributed by atoms with van der Waals surface area (Å²) >= 11 is 0. The van der Waals surface area contributed by atoms with Crippen LogP contribution in [0.1, 0.15) is 19.8 Å². The third-order valence-electron chi connectivity index (χ3n) is 6.46. The Balaban J connectivity index is 1.35. The fourth-order valence-corrected chi connectivity index (χ4v) is 5.98. The minimum absolute atomic E-state index is 0.123. The Hall–Kier alpha value is -2.42. The van der Waals surface area contributed by atoms with Gasteiger partial charge in [-0.15, -0.1) is 0 Å². The largest absolute Gasteiger partial charge is 0.369 e. The lowest BCUT2D eigenvalue weighted by molar-refractivity contribution is -0.120. The Morgan fingerprint density at radius 1 is 0.969 bits per heavy atom. The second kappa shape index (κ2) is 10.0. The molecule has 1 atom stereocenters. The van der Waals surface area contributed by atoms with Crippen LogP contribution in [0, 0.1) is 5.92 Å². The first kappa shape index (κ1) is 22.8. The van der Waals surface area contributed by atoms with Crippen molar-refractivity contribution in [2.75, 3.05) is 56.0 Å². The molecule has 7 nitrogen and oxygen atoms in total. The number of amides is 1. The molecule has 0 spiro atoms. The standard InChI is InChI=1S/C24H32N4O3S/c1-2-26-15-17-27(18-16-26)22-12-10-21(11-13-22)25-24(29)20-7-6-14-28(19-20)32(30,31)23-8-4-3-5-9-23/h3-5,8-13,20H,2,6-7,14-19H2,1H3,(H,25,29). The number of rotatable bonds is 6. The first-order valence-corrected chi connectivity index (χ1v) is 12.8. The van der Waals surface area contributed by atoms with Crippen LogP contribution in [0.5, 0.6) is 0 Å². The Morgan fingerprint density at radius 3 is 2.31 bits per heavy atom. The molecule has 1 N–H and O–H groups in total. The average molecular weight is 457 g/mol. The molecule has 8 heteroatoms. The van der Waals surface area contributed by atoms with Crippen molar-refractivity contribution in [3.05, 3.63) is 54.6 Å². The van der Waals surface area contributed by atoms with Crippen molar-refractivity contribution in [2.24, 2.45) is 5.92 Å². The van der Waals surface area contributed by atoms with Crippen molar-refractivity contribution in [1.29, 1.82) is 0 Å². The van der Waals surface area contributed by atoms with E-state index in [9.17, 15) is 13.2 Å². The Kier molecular flexibility index (Phi) is 7.13. The zero-order chi connectivity index (χ0) is 22.6. The monoisotopic (exact) mass is 456 g/mol. The van der Waals surface area contributed by atoms with Crippen molar-refractivity contribution < 1.29 is 13.2 Å². The zero-order valence-electron chi connectivity index (χ0n) is 18.6. The van der Waals surface area contributed by atoms with Gasteiger partial charge in [0, 0.05) is 50.6 Å². The van der Waals surface area contributed by atoms with Gasteiger partial charge < -0.3 is 15.1 Å². The fraction of sp³-hybridized carbons (Fsp3) is 0.458. The molecule has 2 aromatic rings. The molecule has 2 fully saturated rings. The van der Waals surface area contributed by atoms with Gasteiger partial charge in [-0.1, -0.05) is 25.1 Å². The molecule has 32 heavy (non-hydrogen) atoms.